The zero-order valence-corrected chi connectivity index (χ0v) is 29.7. The number of hydrogen-bond acceptors (Lipinski definition) is 10. The highest BCUT2D eigenvalue weighted by Crippen LogP contribution is 2.51. The Bertz CT molecular complexity index is 1850. The summed E-state index contributed by atoms with van der Waals surface area (Å²) >= 11 is 6.25. The van der Waals surface area contributed by atoms with Crippen LogP contribution in [0.15, 0.2) is 47.6 Å². The maximum atomic E-state index is 13.1. The van der Waals surface area contributed by atoms with E-state index in [0.717, 1.165) is 0 Å². The maximum Gasteiger partial charge on any atom is 0.410 e. The Hall–Kier alpha value is -4.12. The Labute approximate surface area is 292 Å². The molecule has 3 aromatic heterocycles. The number of sulfonamides is 1. The molecule has 2 amide bonds. The van der Waals surface area contributed by atoms with Gasteiger partial charge in [0, 0.05) is 30.9 Å². The molecule has 1 saturated carbocycles. The molecule has 272 valence electrons. The predicted octanol–water partition coefficient (Wildman–Crippen LogP) is 5.85. The molecular weight excluding hydrogens is 703 g/mol. The number of amides is 2. The number of ether oxygens (including phenoxy) is 2. The van der Waals surface area contributed by atoms with E-state index in [1.165, 1.54) is 41.2 Å². The van der Waals surface area contributed by atoms with Crippen LogP contribution in [0.2, 0.25) is 5.15 Å². The number of halogens is 4. The molecule has 13 nitrogen and oxygen atoms in total. The second-order valence-corrected chi connectivity index (χ2v) is 16.0. The van der Waals surface area contributed by atoms with Crippen molar-refractivity contribution < 1.29 is 40.7 Å². The van der Waals surface area contributed by atoms with Crippen LogP contribution in [0, 0.1) is 17.8 Å². The first-order valence-electron chi connectivity index (χ1n) is 15.9. The van der Waals surface area contributed by atoms with Gasteiger partial charge < -0.3 is 19.7 Å². The van der Waals surface area contributed by atoms with Crippen molar-refractivity contribution in [2.45, 2.75) is 76.2 Å². The lowest BCUT2D eigenvalue weighted by Gasteiger charge is -2.33. The standard InChI is InChI=1S/C32H39ClF3N7O6S/c1-30(2,3)49-29(45)42-18-19(16-31(42,4)5)17-37-23-7-6-8-26(38-23)50(46,47)41-28(44)21-9-10-24(39-27(21)33)43-13-11-25(40-43)48-14-12-20-15-22(20)32(34,35)36/h6-11,13,19-20,22H,12,14-18H2,1-5H3,(H,37,38)(H,41,44). The molecule has 3 aromatic rings. The van der Waals surface area contributed by atoms with Crippen LogP contribution in [0.3, 0.4) is 0 Å². The molecule has 2 aliphatic rings. The summed E-state index contributed by atoms with van der Waals surface area (Å²) in [7, 11) is -4.42. The molecular formula is C32H39ClF3N7O6S. The minimum absolute atomic E-state index is 0.0415. The molecule has 4 heterocycles. The summed E-state index contributed by atoms with van der Waals surface area (Å²) in [5.74, 6) is -2.11. The van der Waals surface area contributed by atoms with E-state index in [2.05, 4.69) is 20.4 Å². The van der Waals surface area contributed by atoms with E-state index in [4.69, 9.17) is 21.1 Å². The molecule has 1 aliphatic carbocycles. The molecule has 18 heteroatoms. The topological polar surface area (TPSA) is 158 Å². The summed E-state index contributed by atoms with van der Waals surface area (Å²) in [6.45, 7) is 10.3. The molecule has 1 saturated heterocycles. The SMILES string of the molecule is CC(C)(C)OC(=O)N1CC(CNc2cccc(S(=O)(=O)NC(=O)c3ccc(-n4ccc(OCCC5CC5C(F)(F)F)n4)nc3Cl)n2)CC1(C)C. The summed E-state index contributed by atoms with van der Waals surface area (Å²) in [6, 6.07) is 8.48. The summed E-state index contributed by atoms with van der Waals surface area (Å²) in [6.07, 6.45) is -2.06. The fourth-order valence-electron chi connectivity index (χ4n) is 5.82. The van der Waals surface area contributed by atoms with E-state index in [1.807, 2.05) is 39.3 Å². The summed E-state index contributed by atoms with van der Waals surface area (Å²) in [5, 5.41) is 6.60. The molecule has 1 aliphatic heterocycles. The molecule has 0 aromatic carbocycles. The number of nitrogens with zero attached hydrogens (tertiary/aromatic N) is 5. The second-order valence-electron chi connectivity index (χ2n) is 14.0. The number of rotatable bonds is 11. The van der Waals surface area contributed by atoms with Gasteiger partial charge in [0.05, 0.1) is 18.1 Å². The van der Waals surface area contributed by atoms with Crippen LogP contribution >= 0.6 is 11.6 Å². The number of aromatic nitrogens is 4. The fourth-order valence-corrected chi connectivity index (χ4v) is 6.99. The van der Waals surface area contributed by atoms with E-state index in [9.17, 15) is 31.2 Å². The van der Waals surface area contributed by atoms with E-state index in [-0.39, 0.29) is 53.6 Å². The van der Waals surface area contributed by atoms with E-state index in [0.29, 0.717) is 19.5 Å². The lowest BCUT2D eigenvalue weighted by Crippen LogP contribution is -2.45. The molecule has 0 bridgehead atoms. The van der Waals surface area contributed by atoms with Gasteiger partial charge in [-0.25, -0.2) is 24.2 Å². The number of anilines is 1. The number of likely N-dealkylation sites (tertiary alicyclic amines) is 1. The van der Waals surface area contributed by atoms with Crippen molar-refractivity contribution in [1.82, 2.24) is 29.4 Å². The quantitative estimate of drug-likeness (QED) is 0.229. The van der Waals surface area contributed by atoms with E-state index < -0.39 is 56.2 Å². The molecule has 3 unspecified atom stereocenters. The number of nitrogens with one attached hydrogen (secondary N) is 2. The largest absolute Gasteiger partial charge is 0.477 e. The molecule has 0 spiro atoms. The van der Waals surface area contributed by atoms with Gasteiger partial charge >= 0.3 is 12.3 Å². The van der Waals surface area contributed by atoms with Gasteiger partial charge in [-0.3, -0.25) is 4.79 Å². The van der Waals surface area contributed by atoms with Crippen LogP contribution in [0.1, 0.15) is 64.2 Å². The van der Waals surface area contributed by atoms with E-state index >= 15 is 0 Å². The number of alkyl halides is 3. The normalized spacial score (nSPS) is 20.3. The van der Waals surface area contributed by atoms with E-state index in [1.54, 1.807) is 11.0 Å². The Morgan fingerprint density at radius 2 is 1.84 bits per heavy atom. The van der Waals surface area contributed by atoms with Crippen LogP contribution < -0.4 is 14.8 Å². The Morgan fingerprint density at radius 1 is 1.10 bits per heavy atom. The highest BCUT2D eigenvalue weighted by Gasteiger charge is 2.55. The zero-order chi connectivity index (χ0) is 36.6. The minimum atomic E-state index is -4.42. The molecule has 5 rings (SSSR count). The van der Waals surface area contributed by atoms with Crippen LogP contribution in [0.4, 0.5) is 23.8 Å². The first kappa shape index (κ1) is 37.1. The van der Waals surface area contributed by atoms with Gasteiger partial charge in [0.25, 0.3) is 15.9 Å². The number of pyridine rings is 2. The first-order chi connectivity index (χ1) is 23.2. The zero-order valence-electron chi connectivity index (χ0n) is 28.1. The van der Waals surface area contributed by atoms with Crippen molar-refractivity contribution in [2.75, 3.05) is 25.0 Å². The van der Waals surface area contributed by atoms with Crippen LogP contribution in [-0.2, 0) is 14.8 Å². The Morgan fingerprint density at radius 3 is 2.50 bits per heavy atom. The number of carbonyl (C=O) groups is 2. The van der Waals surface area contributed by atoms with Crippen molar-refractivity contribution in [1.29, 1.82) is 0 Å². The molecule has 3 atom stereocenters. The first-order valence-corrected chi connectivity index (χ1v) is 17.8. The molecule has 0 radical (unpaired) electrons. The highest BCUT2D eigenvalue weighted by atomic mass is 35.5. The van der Waals surface area contributed by atoms with Crippen LogP contribution in [-0.4, -0.2) is 82.1 Å². The van der Waals surface area contributed by atoms with Crippen molar-refractivity contribution in [3.8, 4) is 11.7 Å². The van der Waals surface area contributed by atoms with Crippen molar-refractivity contribution in [2.24, 2.45) is 17.8 Å². The minimum Gasteiger partial charge on any atom is -0.477 e. The lowest BCUT2D eigenvalue weighted by molar-refractivity contribution is -0.151. The summed E-state index contributed by atoms with van der Waals surface area (Å²) < 4.78 is 78.7. The van der Waals surface area contributed by atoms with Crippen molar-refractivity contribution >= 4 is 39.4 Å². The maximum absolute atomic E-state index is 13.1. The van der Waals surface area contributed by atoms with Gasteiger partial charge in [-0.1, -0.05) is 17.7 Å². The van der Waals surface area contributed by atoms with Crippen molar-refractivity contribution in [3.05, 3.63) is 53.3 Å². The second kappa shape index (κ2) is 13.9. The average molecular weight is 742 g/mol. The third-order valence-electron chi connectivity index (χ3n) is 8.33. The van der Waals surface area contributed by atoms with Crippen LogP contribution in [0.5, 0.6) is 5.88 Å². The number of carbonyl (C=O) groups excluding carboxylic acids is 2. The smallest absolute Gasteiger partial charge is 0.410 e. The van der Waals surface area contributed by atoms with Gasteiger partial charge in [-0.05, 0) is 90.0 Å². The fraction of sp³-hybridized carbons (Fsp3) is 0.531. The highest BCUT2D eigenvalue weighted by molar-refractivity contribution is 7.90. The summed E-state index contributed by atoms with van der Waals surface area (Å²) in [4.78, 5) is 35.7. The number of hydrogen-bond donors (Lipinski definition) is 2. The Balaban J connectivity index is 1.15. The Kier molecular flexibility index (Phi) is 10.3. The molecule has 50 heavy (non-hydrogen) atoms. The van der Waals surface area contributed by atoms with Gasteiger partial charge in [0.1, 0.15) is 16.6 Å². The molecule has 2 fully saturated rings. The third kappa shape index (κ3) is 9.15. The monoisotopic (exact) mass is 741 g/mol. The van der Waals surface area contributed by atoms with Gasteiger partial charge in [0.15, 0.2) is 10.8 Å². The lowest BCUT2D eigenvalue weighted by atomic mass is 9.96. The van der Waals surface area contributed by atoms with Crippen LogP contribution in [0.25, 0.3) is 5.82 Å². The van der Waals surface area contributed by atoms with Gasteiger partial charge in [0.2, 0.25) is 5.88 Å². The summed E-state index contributed by atoms with van der Waals surface area (Å²) in [5.41, 5.74) is -1.29. The van der Waals surface area contributed by atoms with Gasteiger partial charge in [-0.15, -0.1) is 5.10 Å². The predicted molar refractivity (Wildman–Crippen MR) is 177 cm³/mol. The average Bonchev–Trinajstić information content (AvgIpc) is 3.52. The van der Waals surface area contributed by atoms with Gasteiger partial charge in [-0.2, -0.15) is 21.6 Å². The molecule has 2 N–H and O–H groups in total. The van der Waals surface area contributed by atoms with Crippen molar-refractivity contribution in [3.63, 3.8) is 0 Å². The third-order valence-corrected chi connectivity index (χ3v) is 9.85.